The Morgan fingerprint density at radius 1 is 1.04 bits per heavy atom. The van der Waals surface area contributed by atoms with Crippen LogP contribution in [-0.4, -0.2) is 61.8 Å². The molecule has 0 unspecified atom stereocenters. The van der Waals surface area contributed by atoms with Crippen LogP contribution in [0.5, 0.6) is 0 Å². The second kappa shape index (κ2) is 7.66. The molecular weight excluding hydrogens is 350 g/mol. The van der Waals surface area contributed by atoms with E-state index in [1.54, 1.807) is 12.1 Å². The molecule has 1 aliphatic heterocycles. The van der Waals surface area contributed by atoms with Crippen molar-refractivity contribution >= 4 is 15.9 Å². The van der Waals surface area contributed by atoms with Crippen molar-refractivity contribution in [1.82, 2.24) is 14.5 Å². The van der Waals surface area contributed by atoms with Gasteiger partial charge in [0, 0.05) is 32.2 Å². The maximum absolute atomic E-state index is 12.9. The van der Waals surface area contributed by atoms with Gasteiger partial charge in [0.25, 0.3) is 0 Å². The molecule has 1 aromatic carbocycles. The molecule has 1 N–H and O–H groups in total. The van der Waals surface area contributed by atoms with E-state index in [2.05, 4.69) is 24.1 Å². The fourth-order valence-electron chi connectivity index (χ4n) is 3.22. The van der Waals surface area contributed by atoms with Crippen molar-refractivity contribution in [3.63, 3.8) is 0 Å². The van der Waals surface area contributed by atoms with Crippen molar-refractivity contribution in [2.45, 2.75) is 56.5 Å². The smallest absolute Gasteiger partial charge is 0.243 e. The number of nitrogens with zero attached hydrogens (tertiary/aromatic N) is 2. The van der Waals surface area contributed by atoms with E-state index < -0.39 is 10.0 Å². The average molecular weight is 380 g/mol. The minimum Gasteiger partial charge on any atom is -0.352 e. The quantitative estimate of drug-likeness (QED) is 0.818. The number of benzene rings is 1. The van der Waals surface area contributed by atoms with Gasteiger partial charge in [-0.1, -0.05) is 26.0 Å². The lowest BCUT2D eigenvalue weighted by atomic mass is 10.0. The molecule has 26 heavy (non-hydrogen) atoms. The molecule has 2 fully saturated rings. The number of hydrogen-bond donors (Lipinski definition) is 1. The maximum atomic E-state index is 12.9. The first kappa shape index (κ1) is 19.3. The van der Waals surface area contributed by atoms with Crippen LogP contribution in [0.3, 0.4) is 0 Å². The lowest BCUT2D eigenvalue weighted by Gasteiger charge is -2.36. The van der Waals surface area contributed by atoms with Gasteiger partial charge in [0.2, 0.25) is 15.9 Å². The Kier molecular flexibility index (Phi) is 5.69. The van der Waals surface area contributed by atoms with E-state index in [1.807, 2.05) is 19.1 Å². The summed E-state index contributed by atoms with van der Waals surface area (Å²) in [6, 6.07) is 7.30. The summed E-state index contributed by atoms with van der Waals surface area (Å²) in [5, 5.41) is 3.02. The zero-order valence-electron chi connectivity index (χ0n) is 15.8. The predicted octanol–water partition coefficient (Wildman–Crippen LogP) is 1.78. The molecule has 0 spiro atoms. The minimum absolute atomic E-state index is 0.0491. The predicted molar refractivity (Wildman–Crippen MR) is 101 cm³/mol. The van der Waals surface area contributed by atoms with E-state index in [4.69, 9.17) is 0 Å². The van der Waals surface area contributed by atoms with Crippen LogP contribution in [0.15, 0.2) is 29.2 Å². The van der Waals surface area contributed by atoms with Crippen molar-refractivity contribution in [1.29, 1.82) is 0 Å². The van der Waals surface area contributed by atoms with Crippen LogP contribution < -0.4 is 5.32 Å². The van der Waals surface area contributed by atoms with E-state index in [-0.39, 0.29) is 11.9 Å². The number of nitrogens with one attached hydrogen (secondary N) is 1. The zero-order chi connectivity index (χ0) is 18.9. The molecule has 0 radical (unpaired) electrons. The molecule has 0 bridgehead atoms. The Morgan fingerprint density at radius 3 is 2.12 bits per heavy atom. The van der Waals surface area contributed by atoms with E-state index in [0.717, 1.165) is 18.4 Å². The van der Waals surface area contributed by atoms with E-state index in [0.29, 0.717) is 43.0 Å². The zero-order valence-corrected chi connectivity index (χ0v) is 16.6. The molecule has 1 aromatic rings. The third-order valence-corrected chi connectivity index (χ3v) is 7.22. The molecule has 1 heterocycles. The summed E-state index contributed by atoms with van der Waals surface area (Å²) < 4.78 is 27.2. The van der Waals surface area contributed by atoms with Crippen LogP contribution >= 0.6 is 0 Å². The molecule has 1 saturated heterocycles. The molecule has 1 atom stereocenters. The monoisotopic (exact) mass is 379 g/mol. The molecule has 7 heteroatoms. The third-order valence-electron chi connectivity index (χ3n) is 5.31. The first-order valence-corrected chi connectivity index (χ1v) is 10.9. The maximum Gasteiger partial charge on any atom is 0.243 e. The Hall–Kier alpha value is -1.44. The highest BCUT2D eigenvalue weighted by Crippen LogP contribution is 2.22. The number of carbonyl (C=O) groups excluding carboxylic acids is 1. The summed E-state index contributed by atoms with van der Waals surface area (Å²) in [5.41, 5.74) is 1.13. The van der Waals surface area contributed by atoms with Gasteiger partial charge in [-0.3, -0.25) is 9.69 Å². The Balaban J connectivity index is 1.60. The van der Waals surface area contributed by atoms with Gasteiger partial charge in [-0.15, -0.1) is 0 Å². The lowest BCUT2D eigenvalue weighted by molar-refractivity contribution is -0.126. The summed E-state index contributed by atoms with van der Waals surface area (Å²) in [7, 11) is -3.48. The van der Waals surface area contributed by atoms with Crippen LogP contribution in [0.25, 0.3) is 0 Å². The topological polar surface area (TPSA) is 69.7 Å². The SMILES string of the molecule is CC(C)c1ccc(S(=O)(=O)N2CCN([C@H](C)C(=O)NC3CC3)CC2)cc1. The number of hydrogen-bond acceptors (Lipinski definition) is 4. The molecule has 144 valence electrons. The molecule has 0 aromatic heterocycles. The number of piperazine rings is 1. The van der Waals surface area contributed by atoms with Gasteiger partial charge >= 0.3 is 0 Å². The van der Waals surface area contributed by atoms with Crippen molar-refractivity contribution in [2.24, 2.45) is 0 Å². The fourth-order valence-corrected chi connectivity index (χ4v) is 4.64. The Labute approximate surface area is 156 Å². The summed E-state index contributed by atoms with van der Waals surface area (Å²) in [4.78, 5) is 14.6. The van der Waals surface area contributed by atoms with Crippen molar-refractivity contribution in [3.8, 4) is 0 Å². The van der Waals surface area contributed by atoms with Crippen LogP contribution in [0.2, 0.25) is 0 Å². The molecule has 3 rings (SSSR count). The molecule has 6 nitrogen and oxygen atoms in total. The highest BCUT2D eigenvalue weighted by atomic mass is 32.2. The molecular formula is C19H29N3O3S. The molecule has 1 saturated carbocycles. The first-order chi connectivity index (χ1) is 12.3. The van der Waals surface area contributed by atoms with Gasteiger partial charge in [0.05, 0.1) is 10.9 Å². The van der Waals surface area contributed by atoms with Crippen molar-refractivity contribution in [2.75, 3.05) is 26.2 Å². The van der Waals surface area contributed by atoms with Gasteiger partial charge in [0.1, 0.15) is 0 Å². The number of carbonyl (C=O) groups is 1. The second-order valence-corrected chi connectivity index (χ2v) is 9.56. The van der Waals surface area contributed by atoms with E-state index in [1.165, 1.54) is 4.31 Å². The van der Waals surface area contributed by atoms with E-state index in [9.17, 15) is 13.2 Å². The van der Waals surface area contributed by atoms with Crippen LogP contribution in [0.4, 0.5) is 0 Å². The lowest BCUT2D eigenvalue weighted by Crippen LogP contribution is -2.55. The van der Waals surface area contributed by atoms with Gasteiger partial charge < -0.3 is 5.32 Å². The highest BCUT2D eigenvalue weighted by Gasteiger charge is 2.33. The highest BCUT2D eigenvalue weighted by molar-refractivity contribution is 7.89. The standard InChI is InChI=1S/C19H29N3O3S/c1-14(2)16-4-8-18(9-5-16)26(24,25)22-12-10-21(11-13-22)15(3)19(23)20-17-6-7-17/h4-5,8-9,14-15,17H,6-7,10-13H2,1-3H3,(H,20,23)/t15-/m1/s1. The van der Waals surface area contributed by atoms with Crippen LogP contribution in [-0.2, 0) is 14.8 Å². The summed E-state index contributed by atoms with van der Waals surface area (Å²) in [6.07, 6.45) is 2.14. The van der Waals surface area contributed by atoms with Crippen LogP contribution in [0, 0.1) is 0 Å². The number of rotatable bonds is 6. The van der Waals surface area contributed by atoms with Gasteiger partial charge in [-0.2, -0.15) is 4.31 Å². The fraction of sp³-hybridized carbons (Fsp3) is 0.632. The first-order valence-electron chi connectivity index (χ1n) is 9.43. The van der Waals surface area contributed by atoms with Gasteiger partial charge in [-0.25, -0.2) is 8.42 Å². The molecule has 1 aliphatic carbocycles. The summed E-state index contributed by atoms with van der Waals surface area (Å²) in [5.74, 6) is 0.423. The number of amides is 1. The third kappa shape index (κ3) is 4.27. The van der Waals surface area contributed by atoms with Crippen molar-refractivity contribution in [3.05, 3.63) is 29.8 Å². The van der Waals surface area contributed by atoms with Crippen molar-refractivity contribution < 1.29 is 13.2 Å². The summed E-state index contributed by atoms with van der Waals surface area (Å²) >= 11 is 0. The average Bonchev–Trinajstić information content (AvgIpc) is 3.45. The Bertz CT molecular complexity index is 734. The normalized spacial score (nSPS) is 20.9. The van der Waals surface area contributed by atoms with Gasteiger partial charge in [0.15, 0.2) is 0 Å². The van der Waals surface area contributed by atoms with Crippen LogP contribution in [0.1, 0.15) is 45.1 Å². The Morgan fingerprint density at radius 2 is 1.62 bits per heavy atom. The number of sulfonamides is 1. The largest absolute Gasteiger partial charge is 0.352 e. The molecule has 1 amide bonds. The summed E-state index contributed by atoms with van der Waals surface area (Å²) in [6.45, 7) is 8.04. The second-order valence-electron chi connectivity index (χ2n) is 7.62. The minimum atomic E-state index is -3.48. The van der Waals surface area contributed by atoms with E-state index >= 15 is 0 Å². The van der Waals surface area contributed by atoms with Gasteiger partial charge in [-0.05, 0) is 43.4 Å². The molecule has 2 aliphatic rings.